The van der Waals surface area contributed by atoms with Crippen molar-refractivity contribution in [2.45, 2.75) is 19.9 Å². The molecule has 15 heavy (non-hydrogen) atoms. The van der Waals surface area contributed by atoms with Crippen molar-refractivity contribution in [3.05, 3.63) is 29.8 Å². The summed E-state index contributed by atoms with van der Waals surface area (Å²) < 4.78 is 0. The minimum absolute atomic E-state index is 0.0155. The van der Waals surface area contributed by atoms with Crippen LogP contribution in [0.2, 0.25) is 0 Å². The lowest BCUT2D eigenvalue weighted by atomic mass is 10.1. The van der Waals surface area contributed by atoms with E-state index in [4.69, 9.17) is 5.26 Å². The number of para-hydroxylation sites is 1. The Morgan fingerprint density at radius 2 is 2.07 bits per heavy atom. The van der Waals surface area contributed by atoms with E-state index in [2.05, 4.69) is 11.4 Å². The number of nitrogens with zero attached hydrogens (tertiary/aromatic N) is 1. The molecule has 0 saturated carbocycles. The van der Waals surface area contributed by atoms with Crippen LogP contribution in [0.25, 0.3) is 0 Å². The highest BCUT2D eigenvalue weighted by Gasteiger charge is 2.09. The number of phenolic OH excluding ortho intramolecular Hbond substituents is 1. The molecule has 2 N–H and O–H groups in total. The first-order chi connectivity index (χ1) is 7.15. The van der Waals surface area contributed by atoms with Crippen molar-refractivity contribution >= 4 is 0 Å². The number of hydrogen-bond acceptors (Lipinski definition) is 3. The largest absolute Gasteiger partial charge is 0.508 e. The van der Waals surface area contributed by atoms with Crippen LogP contribution < -0.4 is 5.32 Å². The molecule has 0 saturated heterocycles. The Morgan fingerprint density at radius 1 is 1.40 bits per heavy atom. The summed E-state index contributed by atoms with van der Waals surface area (Å²) >= 11 is 0. The minimum Gasteiger partial charge on any atom is -0.508 e. The summed E-state index contributed by atoms with van der Waals surface area (Å²) in [5.41, 5.74) is 0.864. The Hall–Kier alpha value is -1.53. The molecule has 0 aliphatic rings. The molecule has 0 aliphatic heterocycles. The maximum Gasteiger partial charge on any atom is 0.120 e. The van der Waals surface area contributed by atoms with Gasteiger partial charge < -0.3 is 10.4 Å². The average molecular weight is 204 g/mol. The number of nitrogens with one attached hydrogen (secondary N) is 1. The van der Waals surface area contributed by atoms with Gasteiger partial charge in [-0.05, 0) is 19.9 Å². The standard InChI is InChI=1S/C12H16N2O/c1-9(7-13)8-14-10(2)11-5-3-4-6-12(11)15/h3-6,9-10,14-15H,8H2,1-2H3. The minimum atomic E-state index is -0.0155. The van der Waals surface area contributed by atoms with E-state index in [9.17, 15) is 5.11 Å². The number of nitriles is 1. The van der Waals surface area contributed by atoms with Crippen LogP contribution in [0.5, 0.6) is 5.75 Å². The normalized spacial score (nSPS) is 14.2. The van der Waals surface area contributed by atoms with Crippen LogP contribution in [0.1, 0.15) is 25.5 Å². The van der Waals surface area contributed by atoms with Gasteiger partial charge in [0.1, 0.15) is 5.75 Å². The lowest BCUT2D eigenvalue weighted by Gasteiger charge is -2.16. The van der Waals surface area contributed by atoms with Crippen molar-refractivity contribution in [2.24, 2.45) is 5.92 Å². The van der Waals surface area contributed by atoms with Gasteiger partial charge >= 0.3 is 0 Å². The van der Waals surface area contributed by atoms with Gasteiger partial charge in [-0.2, -0.15) is 5.26 Å². The Kier molecular flexibility index (Phi) is 4.14. The Labute approximate surface area is 90.4 Å². The lowest BCUT2D eigenvalue weighted by Crippen LogP contribution is -2.23. The van der Waals surface area contributed by atoms with Gasteiger partial charge in [0.2, 0.25) is 0 Å². The second-order valence-corrected chi connectivity index (χ2v) is 3.72. The molecule has 0 aliphatic carbocycles. The molecule has 3 nitrogen and oxygen atoms in total. The Bertz CT molecular complexity index is 357. The van der Waals surface area contributed by atoms with Crippen LogP contribution in [0.4, 0.5) is 0 Å². The van der Waals surface area contributed by atoms with Gasteiger partial charge in [0, 0.05) is 18.2 Å². The molecule has 0 fully saturated rings. The monoisotopic (exact) mass is 204 g/mol. The van der Waals surface area contributed by atoms with E-state index in [1.54, 1.807) is 12.1 Å². The Morgan fingerprint density at radius 3 is 2.67 bits per heavy atom. The summed E-state index contributed by atoms with van der Waals surface area (Å²) in [5.74, 6) is 0.278. The predicted octanol–water partition coefficient (Wildman–Crippen LogP) is 2.20. The van der Waals surface area contributed by atoms with Gasteiger partial charge in [0.15, 0.2) is 0 Å². The highest BCUT2D eigenvalue weighted by atomic mass is 16.3. The van der Waals surface area contributed by atoms with E-state index < -0.39 is 0 Å². The SMILES string of the molecule is CC(C#N)CNC(C)c1ccccc1O. The first-order valence-electron chi connectivity index (χ1n) is 5.06. The zero-order valence-corrected chi connectivity index (χ0v) is 9.07. The highest BCUT2D eigenvalue weighted by Crippen LogP contribution is 2.22. The molecule has 0 heterocycles. The summed E-state index contributed by atoms with van der Waals surface area (Å²) in [7, 11) is 0. The van der Waals surface area contributed by atoms with Crippen molar-refractivity contribution in [1.82, 2.24) is 5.32 Å². The summed E-state index contributed by atoms with van der Waals surface area (Å²) in [6, 6.07) is 9.45. The summed E-state index contributed by atoms with van der Waals surface area (Å²) in [4.78, 5) is 0. The van der Waals surface area contributed by atoms with Crippen LogP contribution in [0.15, 0.2) is 24.3 Å². The molecule has 0 aromatic heterocycles. The third-order valence-electron chi connectivity index (χ3n) is 2.35. The first-order valence-corrected chi connectivity index (χ1v) is 5.06. The molecule has 1 aromatic rings. The zero-order chi connectivity index (χ0) is 11.3. The predicted molar refractivity (Wildman–Crippen MR) is 59.3 cm³/mol. The second kappa shape index (κ2) is 5.38. The molecule has 0 radical (unpaired) electrons. The molecule has 0 amide bonds. The highest BCUT2D eigenvalue weighted by molar-refractivity contribution is 5.34. The molecular weight excluding hydrogens is 188 g/mol. The molecule has 1 rings (SSSR count). The first kappa shape index (κ1) is 11.5. The number of rotatable bonds is 4. The number of aromatic hydroxyl groups is 1. The maximum atomic E-state index is 9.60. The van der Waals surface area contributed by atoms with Crippen molar-refractivity contribution in [3.63, 3.8) is 0 Å². The van der Waals surface area contributed by atoms with Gasteiger partial charge in [-0.3, -0.25) is 0 Å². The molecule has 80 valence electrons. The fourth-order valence-corrected chi connectivity index (χ4v) is 1.36. The lowest BCUT2D eigenvalue weighted by molar-refractivity contribution is 0.448. The maximum absolute atomic E-state index is 9.60. The third-order valence-corrected chi connectivity index (χ3v) is 2.35. The molecular formula is C12H16N2O. The molecule has 2 atom stereocenters. The van der Waals surface area contributed by atoms with E-state index in [1.165, 1.54) is 0 Å². The molecule has 3 heteroatoms. The smallest absolute Gasteiger partial charge is 0.120 e. The van der Waals surface area contributed by atoms with Crippen LogP contribution >= 0.6 is 0 Å². The van der Waals surface area contributed by atoms with Crippen molar-refractivity contribution in [2.75, 3.05) is 6.54 Å². The van der Waals surface area contributed by atoms with Crippen molar-refractivity contribution in [1.29, 1.82) is 5.26 Å². The zero-order valence-electron chi connectivity index (χ0n) is 9.07. The number of benzene rings is 1. The van der Waals surface area contributed by atoms with Crippen LogP contribution in [-0.2, 0) is 0 Å². The van der Waals surface area contributed by atoms with Crippen molar-refractivity contribution in [3.8, 4) is 11.8 Å². The summed E-state index contributed by atoms with van der Waals surface area (Å²) in [5, 5.41) is 21.4. The van der Waals surface area contributed by atoms with E-state index >= 15 is 0 Å². The molecule has 1 aromatic carbocycles. The van der Waals surface area contributed by atoms with Gasteiger partial charge in [0.25, 0.3) is 0 Å². The average Bonchev–Trinajstić information content (AvgIpc) is 2.26. The van der Waals surface area contributed by atoms with Gasteiger partial charge in [-0.1, -0.05) is 18.2 Å². The van der Waals surface area contributed by atoms with Gasteiger partial charge in [0.05, 0.1) is 12.0 Å². The summed E-state index contributed by atoms with van der Waals surface area (Å²) in [6.07, 6.45) is 0. The third kappa shape index (κ3) is 3.26. The second-order valence-electron chi connectivity index (χ2n) is 3.72. The van der Waals surface area contributed by atoms with Crippen LogP contribution in [0, 0.1) is 17.2 Å². The van der Waals surface area contributed by atoms with Gasteiger partial charge in [-0.25, -0.2) is 0 Å². The van der Waals surface area contributed by atoms with E-state index in [0.29, 0.717) is 12.3 Å². The van der Waals surface area contributed by atoms with Crippen LogP contribution in [0.3, 0.4) is 0 Å². The summed E-state index contributed by atoms with van der Waals surface area (Å²) in [6.45, 7) is 4.47. The molecule has 2 unspecified atom stereocenters. The number of hydrogen-bond donors (Lipinski definition) is 2. The van der Waals surface area contributed by atoms with E-state index in [-0.39, 0.29) is 12.0 Å². The van der Waals surface area contributed by atoms with Crippen LogP contribution in [-0.4, -0.2) is 11.7 Å². The fraction of sp³-hybridized carbons (Fsp3) is 0.417. The topological polar surface area (TPSA) is 56.0 Å². The fourth-order valence-electron chi connectivity index (χ4n) is 1.36. The Balaban J connectivity index is 2.58. The van der Waals surface area contributed by atoms with E-state index in [1.807, 2.05) is 26.0 Å². The molecule has 0 bridgehead atoms. The quantitative estimate of drug-likeness (QED) is 0.790. The number of phenols is 1. The van der Waals surface area contributed by atoms with E-state index in [0.717, 1.165) is 5.56 Å². The van der Waals surface area contributed by atoms with Crippen molar-refractivity contribution < 1.29 is 5.11 Å². The van der Waals surface area contributed by atoms with Gasteiger partial charge in [-0.15, -0.1) is 0 Å². The molecule has 0 spiro atoms.